The molecule has 0 radical (unpaired) electrons. The Morgan fingerprint density at radius 1 is 0.250 bits per heavy atom. The maximum Gasteiger partial charge on any atom is 0.0723 e. The SMILES string of the molecule is CC(C)C(C)OC1CC2CC1C1C=CCC21.CC(C)C(C)OC1Cc2ccccc2C1.CC(C)C(C)OCc1cccc2c1Cc1ccccc1-2.CC(C)OC1Cc2ccccc2C1.CC(C)OCc1ccc2c(c1)Cc1ccccc1-2.CC(C)OCc1cccc2c1Cc1ccccc1-2.CCC(C)OC1CC2CC1C1C=CCC21.CCC(C)OC1Cc2ccccc2C1.CCC(C)OCc1cccc2c1Cc1ccccc1-2. The van der Waals surface area contributed by atoms with Crippen molar-refractivity contribution in [1.29, 1.82) is 0 Å². The number of ether oxygens (including phenoxy) is 9. The molecule has 0 spiro atoms. The Bertz CT molecular complexity index is 6050. The van der Waals surface area contributed by atoms with Crippen molar-refractivity contribution in [3.8, 4) is 44.5 Å². The van der Waals surface area contributed by atoms with Gasteiger partial charge in [-0.05, 0) is 415 Å². The minimum absolute atomic E-state index is 0.282. The van der Waals surface area contributed by atoms with Crippen molar-refractivity contribution in [3.63, 3.8) is 0 Å². The largest absolute Gasteiger partial charge is 0.375 e. The fourth-order valence-corrected chi connectivity index (χ4v) is 24.9. The van der Waals surface area contributed by atoms with Crippen LogP contribution in [0.2, 0.25) is 0 Å². The Morgan fingerprint density at radius 2 is 0.574 bits per heavy atom. The summed E-state index contributed by atoms with van der Waals surface area (Å²) < 4.78 is 53.6. The number of hydrogen-bond donors (Lipinski definition) is 0. The van der Waals surface area contributed by atoms with Crippen LogP contribution < -0.4 is 0 Å². The minimum Gasteiger partial charge on any atom is -0.375 e. The van der Waals surface area contributed by atoms with E-state index in [0.717, 1.165) is 151 Å². The zero-order chi connectivity index (χ0) is 104. The second-order valence-corrected chi connectivity index (χ2v) is 46.8. The van der Waals surface area contributed by atoms with Crippen molar-refractivity contribution >= 4 is 0 Å². The number of fused-ring (bicyclic) bond motifs is 25. The minimum atomic E-state index is 0.282. The highest BCUT2D eigenvalue weighted by Gasteiger charge is 2.55. The van der Waals surface area contributed by atoms with E-state index >= 15 is 0 Å². The van der Waals surface area contributed by atoms with Gasteiger partial charge in [0.1, 0.15) is 0 Å². The molecule has 13 aliphatic carbocycles. The average Bonchev–Trinajstić information content (AvgIpc) is 1.58. The van der Waals surface area contributed by atoms with Crippen molar-refractivity contribution in [2.45, 2.75) is 379 Å². The molecule has 0 heterocycles. The molecule has 0 N–H and O–H groups in total. The van der Waals surface area contributed by atoms with Crippen LogP contribution in [0.5, 0.6) is 0 Å². The Labute approximate surface area is 892 Å². The summed E-state index contributed by atoms with van der Waals surface area (Å²) in [6, 6.07) is 87.2. The van der Waals surface area contributed by atoms with Gasteiger partial charge in [-0.2, -0.15) is 0 Å². The molecule has 148 heavy (non-hydrogen) atoms. The van der Waals surface area contributed by atoms with Gasteiger partial charge in [0.2, 0.25) is 0 Å². The van der Waals surface area contributed by atoms with E-state index in [1.54, 1.807) is 0 Å². The maximum atomic E-state index is 6.28. The Morgan fingerprint density at radius 3 is 0.966 bits per heavy atom. The molecule has 0 amide bonds. The van der Waals surface area contributed by atoms with Gasteiger partial charge in [0.05, 0.1) is 112 Å². The van der Waals surface area contributed by atoms with Crippen LogP contribution in [0.1, 0.15) is 303 Å². The lowest BCUT2D eigenvalue weighted by Crippen LogP contribution is -2.34. The molecule has 24 rings (SSSR count). The fourth-order valence-electron chi connectivity index (χ4n) is 24.9. The molecule has 16 unspecified atom stereocenters. The molecular formula is C139H178O9. The van der Waals surface area contributed by atoms with Gasteiger partial charge in [-0.1, -0.05) is 329 Å². The van der Waals surface area contributed by atoms with Crippen LogP contribution in [-0.2, 0) is 133 Å². The van der Waals surface area contributed by atoms with E-state index in [1.807, 2.05) is 0 Å². The third kappa shape index (κ3) is 28.5. The zero-order valence-electron chi connectivity index (χ0n) is 93.8. The normalized spacial score (nSPS) is 21.8. The highest BCUT2D eigenvalue weighted by molar-refractivity contribution is 5.81. The van der Waals surface area contributed by atoms with Gasteiger partial charge < -0.3 is 42.6 Å². The van der Waals surface area contributed by atoms with E-state index in [2.05, 4.69) is 412 Å². The van der Waals surface area contributed by atoms with Gasteiger partial charge in [0.25, 0.3) is 0 Å². The Kier molecular flexibility index (Phi) is 40.0. The van der Waals surface area contributed by atoms with Crippen LogP contribution >= 0.6 is 0 Å². The molecule has 0 aromatic heterocycles. The van der Waals surface area contributed by atoms with Crippen LogP contribution in [0.4, 0.5) is 0 Å². The summed E-state index contributed by atoms with van der Waals surface area (Å²) in [7, 11) is 0. The lowest BCUT2D eigenvalue weighted by molar-refractivity contribution is -0.0631. The fraction of sp³-hybridized carbons (Fsp3) is 0.496. The third-order valence-electron chi connectivity index (χ3n) is 34.5. The molecule has 9 nitrogen and oxygen atoms in total. The van der Waals surface area contributed by atoms with Crippen molar-refractivity contribution in [3.05, 3.63) is 367 Å². The van der Waals surface area contributed by atoms with Crippen molar-refractivity contribution in [2.24, 2.45) is 65.1 Å². The molecular weight excluding hydrogens is 1810 g/mol. The lowest BCUT2D eigenvalue weighted by Gasteiger charge is -2.33. The molecule has 16 atom stereocenters. The summed E-state index contributed by atoms with van der Waals surface area (Å²) >= 11 is 0. The third-order valence-corrected chi connectivity index (χ3v) is 34.5. The smallest absolute Gasteiger partial charge is 0.0723 e. The predicted molar refractivity (Wildman–Crippen MR) is 615 cm³/mol. The van der Waals surface area contributed by atoms with Gasteiger partial charge in [0.15, 0.2) is 0 Å². The summed E-state index contributed by atoms with van der Waals surface area (Å²) in [6.45, 7) is 48.4. The molecule has 9 heteroatoms. The van der Waals surface area contributed by atoms with Gasteiger partial charge in [-0.3, -0.25) is 0 Å². The molecule has 11 aromatic carbocycles. The lowest BCUT2D eigenvalue weighted by atomic mass is 9.80. The number of allylic oxidation sites excluding steroid dienone is 4. The molecule has 0 aliphatic heterocycles. The summed E-state index contributed by atoms with van der Waals surface area (Å²) in [6.07, 6.45) is 37.7. The van der Waals surface area contributed by atoms with Crippen LogP contribution in [0.3, 0.4) is 0 Å². The van der Waals surface area contributed by atoms with E-state index in [0.29, 0.717) is 97.6 Å². The summed E-state index contributed by atoms with van der Waals surface area (Å²) in [5, 5.41) is 0. The second kappa shape index (κ2) is 53.2. The highest BCUT2D eigenvalue weighted by atomic mass is 16.5. The van der Waals surface area contributed by atoms with Gasteiger partial charge in [-0.25, -0.2) is 0 Å². The second-order valence-electron chi connectivity index (χ2n) is 46.8. The quantitative estimate of drug-likeness (QED) is 0.0445. The van der Waals surface area contributed by atoms with Crippen molar-refractivity contribution in [1.82, 2.24) is 0 Å². The first-order chi connectivity index (χ1) is 71.6. The monoisotopic (exact) mass is 1990 g/mol. The average molecular weight is 1990 g/mol. The first kappa shape index (κ1) is 111. The number of hydrogen-bond acceptors (Lipinski definition) is 9. The number of rotatable bonds is 28. The first-order valence-electron chi connectivity index (χ1n) is 57.7. The van der Waals surface area contributed by atoms with Gasteiger partial charge >= 0.3 is 0 Å². The molecule has 0 saturated heterocycles. The zero-order valence-corrected chi connectivity index (χ0v) is 93.8. The standard InChI is InChI=1S/C19H22O.C18H20O.2C17H18O.C15H24O.C14H22O.C14H20O.C13H18O.C12H16O/c1-13(2)14(3)20-12-16-8-6-10-18-17-9-5-4-7-15(17)11-19(16)18;1-3-13(2)19-12-15-8-6-10-17-16-9-5-4-7-14(16)11-18(15)17;1-12(2)18-11-14-7-5-9-16-15-8-4-3-6-13(15)10-17(14)16;1-12(2)18-11-13-7-8-17-15(9-13)10-14-5-3-4-6-16(14)17;1-9(2)10(3)16-15-8-11-7-14(15)13-6-4-5-12(11)13;1-3-9(2)15-14-8-10-7-13(14)12-6-4-5-11(10)12;1-10(2)11(3)15-14-8-12-6-4-5-7-13(12)9-14;1-3-10(2)14-13-8-11-6-4-5-7-12(11)9-13;1-9(2)13-12-7-10-5-3-4-6-11(10)8-12/h4-10,13-14H,11-12H2,1-3H3;4-10,13H,3,11-12H2,1-2H3;2*3-9,12H,10-11H2,1-2H3;4,6,9-15H,5,7-8H2,1-3H3;4,6,9-14H,3,5,7-8H2,1-2H3;4-7,10-11,14H,8-9H2,1-3H3;4-7,10,13H,3,8-9H2,1-2H3;3-6,9,12H,7-8H2,1-2H3. The van der Waals surface area contributed by atoms with E-state index < -0.39 is 0 Å². The van der Waals surface area contributed by atoms with Crippen LogP contribution in [0, 0.1) is 65.1 Å². The topological polar surface area (TPSA) is 83.1 Å². The Balaban J connectivity index is 0.000000119. The van der Waals surface area contributed by atoms with Gasteiger partial charge in [-0.15, -0.1) is 0 Å². The van der Waals surface area contributed by atoms with E-state index in [9.17, 15) is 0 Å². The molecule has 4 fully saturated rings. The van der Waals surface area contributed by atoms with E-state index in [-0.39, 0.29) is 12.2 Å². The molecule has 4 saturated carbocycles. The van der Waals surface area contributed by atoms with Crippen molar-refractivity contribution < 1.29 is 42.6 Å². The van der Waals surface area contributed by atoms with Crippen LogP contribution in [-0.4, -0.2) is 85.5 Å². The van der Waals surface area contributed by atoms with Crippen LogP contribution in [0.15, 0.2) is 267 Å². The first-order valence-corrected chi connectivity index (χ1v) is 57.7. The van der Waals surface area contributed by atoms with E-state index in [4.69, 9.17) is 42.6 Å². The van der Waals surface area contributed by atoms with Crippen molar-refractivity contribution in [2.75, 3.05) is 0 Å². The highest BCUT2D eigenvalue weighted by Crippen LogP contribution is 2.59. The summed E-state index contributed by atoms with van der Waals surface area (Å²) in [5.41, 5.74) is 36.7. The molecule has 788 valence electrons. The molecule has 13 aliphatic rings. The predicted octanol–water partition coefficient (Wildman–Crippen LogP) is 33.6. The molecule has 4 bridgehead atoms. The van der Waals surface area contributed by atoms with Crippen LogP contribution in [0.25, 0.3) is 44.5 Å². The van der Waals surface area contributed by atoms with E-state index in [1.165, 1.54) is 183 Å². The molecule has 11 aromatic rings. The summed E-state index contributed by atoms with van der Waals surface area (Å²) in [4.78, 5) is 0. The Hall–Kier alpha value is -9.46. The number of benzene rings is 11. The van der Waals surface area contributed by atoms with Gasteiger partial charge in [0, 0.05) is 0 Å². The summed E-state index contributed by atoms with van der Waals surface area (Å²) in [5.74, 6) is 9.17. The maximum absolute atomic E-state index is 6.28.